The van der Waals surface area contributed by atoms with Gasteiger partial charge in [0.2, 0.25) is 0 Å². The zero-order chi connectivity index (χ0) is 102. The second-order valence-corrected chi connectivity index (χ2v) is 45.4. The first kappa shape index (κ1) is 105. The van der Waals surface area contributed by atoms with Crippen LogP contribution in [0.4, 0.5) is 37.7 Å². The summed E-state index contributed by atoms with van der Waals surface area (Å²) in [5, 5.41) is 49.2. The smallest absolute Gasteiger partial charge is 0.495 e. The second-order valence-electron chi connectivity index (χ2n) is 43.7. The van der Waals surface area contributed by atoms with Crippen LogP contribution in [0.2, 0.25) is 0 Å². The number of nitriles is 3. The van der Waals surface area contributed by atoms with Gasteiger partial charge in [-0.3, -0.25) is 0 Å². The van der Waals surface area contributed by atoms with Crippen molar-refractivity contribution < 1.29 is 70.7 Å². The molecule has 0 aromatic carbocycles. The minimum absolute atomic E-state index is 0. The number of carbonyl (C=O) groups is 3. The molecule has 36 nitrogen and oxygen atoms in total. The molecule has 4 saturated carbocycles. The molecule has 752 valence electrons. The van der Waals surface area contributed by atoms with Crippen LogP contribution in [-0.2, 0) is 42.1 Å². The van der Waals surface area contributed by atoms with Gasteiger partial charge in [0.25, 0.3) is 0 Å². The number of alkyl carbamates (subject to hydrolysis) is 3. The third-order valence-corrected chi connectivity index (χ3v) is 29.9. The Labute approximate surface area is 853 Å². The lowest BCUT2D eigenvalue weighted by atomic mass is 9.49. The number of nitrogens with zero attached hydrogens (tertiary/aromatic N) is 17. The summed E-state index contributed by atoms with van der Waals surface area (Å²) >= 11 is 6.76. The van der Waals surface area contributed by atoms with Gasteiger partial charge in [-0.1, -0.05) is 6.07 Å². The van der Waals surface area contributed by atoms with Crippen LogP contribution in [0.25, 0.3) is 38.8 Å². The van der Waals surface area contributed by atoms with Crippen LogP contribution in [0, 0.1) is 81.3 Å². The van der Waals surface area contributed by atoms with Gasteiger partial charge < -0.3 is 97.6 Å². The lowest BCUT2D eigenvalue weighted by Gasteiger charge is -2.32. The highest BCUT2D eigenvalue weighted by Gasteiger charge is 2.65. The fourth-order valence-corrected chi connectivity index (χ4v) is 19.7. The van der Waals surface area contributed by atoms with E-state index in [1.807, 2.05) is 231 Å². The molecule has 4 unspecified atom stereocenters. The highest BCUT2D eigenvalue weighted by atomic mass is 79.9. The van der Waals surface area contributed by atoms with Crippen molar-refractivity contribution in [1.29, 1.82) is 15.8 Å². The summed E-state index contributed by atoms with van der Waals surface area (Å²) in [4.78, 5) is 63.2. The summed E-state index contributed by atoms with van der Waals surface area (Å²) in [6.45, 7) is 48.6. The lowest BCUT2D eigenvalue weighted by Crippen LogP contribution is -2.41. The van der Waals surface area contributed by atoms with E-state index in [1.165, 1.54) is 6.20 Å². The fourth-order valence-electron chi connectivity index (χ4n) is 18.9. The molecule has 5 N–H and O–H groups in total. The largest absolute Gasteiger partial charge is 0.496 e. The fraction of sp³-hybridized carbons (Fsp3) is 0.530. The molecule has 11 fully saturated rings. The Morgan fingerprint density at radius 3 is 0.986 bits per heavy atom. The van der Waals surface area contributed by atoms with Crippen molar-refractivity contribution >= 4 is 129 Å². The molecular weight excluding hydrogens is 1960 g/mol. The third-order valence-electron chi connectivity index (χ3n) is 28.9. The predicted molar refractivity (Wildman–Crippen MR) is 549 cm³/mol. The van der Waals surface area contributed by atoms with Crippen molar-refractivity contribution in [2.24, 2.45) is 53.1 Å². The molecule has 3 amide bonds. The summed E-state index contributed by atoms with van der Waals surface area (Å²) in [6, 6.07) is 29.3. The quantitative estimate of drug-likeness (QED) is 0.0580. The molecule has 12 atom stereocenters. The summed E-state index contributed by atoms with van der Waals surface area (Å²) in [5.41, 5.74) is 10.7. The molecule has 11 aliphatic rings. The average molecular weight is 2090 g/mol. The van der Waals surface area contributed by atoms with Crippen molar-refractivity contribution in [2.75, 3.05) is 93.3 Å². The summed E-state index contributed by atoms with van der Waals surface area (Å²) in [7, 11) is 3.46. The van der Waals surface area contributed by atoms with E-state index in [9.17, 15) is 24.9 Å². The molecule has 0 radical (unpaired) electrons. The van der Waals surface area contributed by atoms with E-state index in [0.717, 1.165) is 129 Å². The molecule has 17 heterocycles. The minimum atomic E-state index is -0.495. The number of halogens is 3. The molecule has 142 heavy (non-hydrogen) atoms. The molecule has 0 bridgehead atoms. The van der Waals surface area contributed by atoms with E-state index in [2.05, 4.69) is 121 Å². The number of fused-ring (bicyclic) bond motifs is 7. The number of hydrogen-bond acceptors (Lipinski definition) is 30. The Bertz CT molecular complexity index is 6310. The molecule has 10 aromatic heterocycles. The molecule has 21 rings (SSSR count). The standard InChI is InChI=1S/C24H26N6O3.C21H32BN3O4.C19H18N6O.C15H20BrN3O2.C12H24B2O4.C9H6BrN3O.ClH/c1-24(2,3)33-23(31)28-21-18-12-29(13-19(18)21)20-6-5-14(9-26-20)17-7-16(32-4)11-30-22(17)15(8-25)10-27-30;1-19(2,3)27-18(26)24-17-14-11-25(12-15(14)17)16-9-8-13(10-23-16)22-28-20(4,5)21(6,7)29-22;1-26-13-4-14(19-12(5-20)7-23-25(19)8-13)11-2-3-17(22-6-11)24-9-15-16(10-24)18(15)21;1-15(2,3)21-14(20)18-13-10-7-19(8-11(10)13)12-5-4-9(16)6-17-12;1-9(2)10(3,4)16-13(15-9)14-17-11(5,6)12(7,8)18-14;1-14-7-2-8(10)9-6(3-11)4-12-13(9)5-7;/h5-7,9-11,18-19,21H,12-13H2,1-4H3,(H,28,31);8-10,14-15,17H,11-12H2,1-7H3,(H,24,26);2-4,6-8,15-16,18H,9-10,21H2,1H3;4-6,10-11,13H,7-8H2,1-3H3,(H,18,20);1-8H3;2,4-5H,1H3;1H/t18-,19+,21?;14-,15+,17?;15-,16+,18?;10-,11+,13?;;;. The number of ether oxygens (including phenoxy) is 6. The Morgan fingerprint density at radius 1 is 0.408 bits per heavy atom. The van der Waals surface area contributed by atoms with Crippen molar-refractivity contribution in [2.45, 2.75) is 220 Å². The maximum Gasteiger partial charge on any atom is 0.496 e. The van der Waals surface area contributed by atoms with Crippen LogP contribution in [0.1, 0.15) is 162 Å². The molecule has 4 aliphatic carbocycles. The van der Waals surface area contributed by atoms with E-state index in [0.29, 0.717) is 87.3 Å². The number of nitrogens with two attached hydrogens (primary N) is 1. The first-order valence-electron chi connectivity index (χ1n) is 47.6. The van der Waals surface area contributed by atoms with Gasteiger partial charge in [-0.15, -0.1) is 12.4 Å². The Hall–Kier alpha value is -11.3. The van der Waals surface area contributed by atoms with Gasteiger partial charge in [0.15, 0.2) is 0 Å². The van der Waals surface area contributed by atoms with Crippen LogP contribution in [0.3, 0.4) is 0 Å². The SMILES string of the molecule is CC(C)(C)OC(=O)NC1[C@H]2CN(c3ccc(B4OC(C)(C)C(C)(C)O4)cn3)C[C@@H]12.CC(C)(C)OC(=O)NC1[C@H]2CN(c3ccc(Br)cn3)C[C@@H]12.CC1(C)OB(B2OC(C)(C)C(C)(C)O2)OC1(C)C.COc1cc(-c2ccc(N3C[C@@H]4C(N)[C@@H]4C3)nc2)c2c(C#N)cnn2c1.COc1cc(-c2ccc(N3C[C@@H]4C(NC(=O)OC(C)(C)C)[C@@H]4C3)nc2)c2c(C#N)cnn2c1.COc1cc(Br)c2c(C#N)cnn2c1.Cl. The van der Waals surface area contributed by atoms with Crippen LogP contribution < -0.4 is 61.0 Å². The third kappa shape index (κ3) is 22.8. The normalized spacial score (nSPS) is 24.4. The van der Waals surface area contributed by atoms with Gasteiger partial charge >= 0.3 is 39.4 Å². The Balaban J connectivity index is 0.000000131. The summed E-state index contributed by atoms with van der Waals surface area (Å²) in [5.74, 6) is 9.89. The van der Waals surface area contributed by atoms with Crippen molar-refractivity contribution in [3.8, 4) is 57.7 Å². The molecule has 42 heteroatoms. The average Bonchev–Trinajstić information content (AvgIpc) is 1.58. The first-order chi connectivity index (χ1) is 66.3. The number of hydrogen-bond donors (Lipinski definition) is 4. The van der Waals surface area contributed by atoms with E-state index in [4.69, 9.17) is 67.3 Å². The molecule has 10 aromatic rings. The lowest BCUT2D eigenvalue weighted by molar-refractivity contribution is 0.00578. The summed E-state index contributed by atoms with van der Waals surface area (Å²) in [6.07, 6.45) is 16.2. The van der Waals surface area contributed by atoms with Gasteiger partial charge in [0, 0.05) is 173 Å². The van der Waals surface area contributed by atoms with Crippen LogP contribution in [0.15, 0.2) is 138 Å². The number of rotatable bonds is 14. The zero-order valence-electron chi connectivity index (χ0n) is 84.9. The maximum atomic E-state index is 12.0. The second kappa shape index (κ2) is 40.0. The Kier molecular flexibility index (Phi) is 29.6. The van der Waals surface area contributed by atoms with Crippen molar-refractivity contribution in [3.63, 3.8) is 0 Å². The molecule has 7 saturated heterocycles. The van der Waals surface area contributed by atoms with E-state index in [-0.39, 0.29) is 82.4 Å². The maximum absolute atomic E-state index is 12.0. The number of pyridine rings is 7. The highest BCUT2D eigenvalue weighted by molar-refractivity contribution is 9.11. The monoisotopic (exact) mass is 2090 g/mol. The van der Waals surface area contributed by atoms with Crippen LogP contribution in [-0.4, -0.2) is 236 Å². The molecule has 7 aliphatic heterocycles. The van der Waals surface area contributed by atoms with Crippen molar-refractivity contribution in [3.05, 3.63) is 154 Å². The number of anilines is 4. The topological polar surface area (TPSA) is 412 Å². The van der Waals surface area contributed by atoms with E-state index >= 15 is 0 Å². The van der Waals surface area contributed by atoms with Crippen molar-refractivity contribution in [1.82, 2.24) is 64.7 Å². The van der Waals surface area contributed by atoms with Gasteiger partial charge in [-0.05, 0) is 250 Å². The number of amides is 3. The molecule has 0 spiro atoms. The number of methoxy groups -OCH3 is 3. The van der Waals surface area contributed by atoms with Gasteiger partial charge in [-0.25, -0.2) is 47.9 Å². The van der Waals surface area contributed by atoms with Gasteiger partial charge in [0.05, 0.1) is 125 Å². The van der Waals surface area contributed by atoms with Crippen LogP contribution >= 0.6 is 44.3 Å². The van der Waals surface area contributed by atoms with E-state index in [1.54, 1.807) is 71.9 Å². The summed E-state index contributed by atoms with van der Waals surface area (Å²) < 4.78 is 74.6. The number of aromatic nitrogens is 10. The highest BCUT2D eigenvalue weighted by Crippen LogP contribution is 2.52. The Morgan fingerprint density at radius 2 is 0.697 bits per heavy atom. The minimum Gasteiger partial charge on any atom is -0.495 e. The number of piperidine rings is 4. The first-order valence-corrected chi connectivity index (χ1v) is 49.2. The van der Waals surface area contributed by atoms with Gasteiger partial charge in [-0.2, -0.15) is 31.1 Å². The number of nitrogens with one attached hydrogen (secondary N) is 3. The predicted octanol–water partition coefficient (Wildman–Crippen LogP) is 14.7. The van der Waals surface area contributed by atoms with Gasteiger partial charge in [0.1, 0.15) is 75.5 Å². The molecular formula is C100H127B3Br2ClN21O15. The number of carbonyl (C=O) groups excluding carboxylic acids is 3. The van der Waals surface area contributed by atoms with E-state index < -0.39 is 37.9 Å². The van der Waals surface area contributed by atoms with Crippen LogP contribution in [0.5, 0.6) is 17.2 Å². The zero-order valence-corrected chi connectivity index (χ0v) is 88.9.